The van der Waals surface area contributed by atoms with Crippen LogP contribution in [0.4, 0.5) is 0 Å². The van der Waals surface area contributed by atoms with E-state index < -0.39 is 0 Å². The summed E-state index contributed by atoms with van der Waals surface area (Å²) in [5.74, 6) is 2.03. The fraction of sp³-hybridized carbons (Fsp3) is 0.467. The Morgan fingerprint density at radius 2 is 1.89 bits per heavy atom. The average Bonchev–Trinajstić information content (AvgIpc) is 2.96. The van der Waals surface area contributed by atoms with E-state index in [4.69, 9.17) is 0 Å². The van der Waals surface area contributed by atoms with Crippen LogP contribution >= 0.6 is 11.8 Å². The van der Waals surface area contributed by atoms with E-state index in [9.17, 15) is 0 Å². The Morgan fingerprint density at radius 1 is 1.11 bits per heavy atom. The molecule has 3 nitrogen and oxygen atoms in total. The molecule has 0 N–H and O–H groups in total. The summed E-state index contributed by atoms with van der Waals surface area (Å²) in [5, 5.41) is 5.43. The van der Waals surface area contributed by atoms with E-state index in [0.717, 1.165) is 16.8 Å². The van der Waals surface area contributed by atoms with Gasteiger partial charge in [-0.2, -0.15) is 0 Å². The van der Waals surface area contributed by atoms with Crippen molar-refractivity contribution in [2.45, 2.75) is 37.3 Å². The molecule has 0 radical (unpaired) electrons. The molecule has 4 heteroatoms. The SMILES string of the molecule is c1ccc(-n2cnc(SCC3CCCCC3)n2)cc1. The molecule has 1 aliphatic rings. The van der Waals surface area contributed by atoms with Crippen LogP contribution in [0.25, 0.3) is 5.69 Å². The molecule has 1 aromatic heterocycles. The Balaban J connectivity index is 1.59. The first-order valence-corrected chi connectivity index (χ1v) is 8.00. The maximum Gasteiger partial charge on any atom is 0.208 e. The van der Waals surface area contributed by atoms with E-state index in [0.29, 0.717) is 0 Å². The maximum atomic E-state index is 4.53. The Hall–Kier alpha value is -1.29. The second-order valence-electron chi connectivity index (χ2n) is 5.12. The molecule has 3 rings (SSSR count). The highest BCUT2D eigenvalue weighted by molar-refractivity contribution is 7.99. The molecule has 0 spiro atoms. The van der Waals surface area contributed by atoms with Gasteiger partial charge in [-0.05, 0) is 30.9 Å². The standard InChI is InChI=1S/C15H19N3S/c1-3-7-13(8-4-1)11-19-15-16-12-18(17-15)14-9-5-2-6-10-14/h2,5-6,9-10,12-13H,1,3-4,7-8,11H2. The highest BCUT2D eigenvalue weighted by Crippen LogP contribution is 2.28. The van der Waals surface area contributed by atoms with Crippen molar-refractivity contribution in [1.82, 2.24) is 14.8 Å². The van der Waals surface area contributed by atoms with E-state index >= 15 is 0 Å². The summed E-state index contributed by atoms with van der Waals surface area (Å²) in [5.41, 5.74) is 1.07. The number of nitrogens with zero attached hydrogens (tertiary/aromatic N) is 3. The molecule has 0 amide bonds. The Morgan fingerprint density at radius 3 is 2.68 bits per heavy atom. The predicted octanol–water partition coefficient (Wildman–Crippen LogP) is 3.94. The lowest BCUT2D eigenvalue weighted by atomic mass is 9.91. The van der Waals surface area contributed by atoms with E-state index in [1.165, 1.54) is 37.9 Å². The van der Waals surface area contributed by atoms with Crippen molar-refractivity contribution in [1.29, 1.82) is 0 Å². The second kappa shape index (κ2) is 6.24. The third-order valence-electron chi connectivity index (χ3n) is 3.66. The summed E-state index contributed by atoms with van der Waals surface area (Å²) in [6.07, 6.45) is 8.79. The van der Waals surface area contributed by atoms with Crippen LogP contribution in [0.5, 0.6) is 0 Å². The Bertz CT molecular complexity index is 503. The minimum atomic E-state index is 0.863. The summed E-state index contributed by atoms with van der Waals surface area (Å²) >= 11 is 1.80. The number of aromatic nitrogens is 3. The van der Waals surface area contributed by atoms with Gasteiger partial charge in [-0.15, -0.1) is 5.10 Å². The van der Waals surface area contributed by atoms with Gasteiger partial charge < -0.3 is 0 Å². The van der Waals surface area contributed by atoms with Gasteiger partial charge in [0.25, 0.3) is 0 Å². The number of benzene rings is 1. The van der Waals surface area contributed by atoms with Crippen molar-refractivity contribution in [2.75, 3.05) is 5.75 Å². The lowest BCUT2D eigenvalue weighted by Crippen LogP contribution is -2.08. The molecule has 0 aliphatic heterocycles. The molecule has 2 aromatic rings. The average molecular weight is 273 g/mol. The topological polar surface area (TPSA) is 30.7 Å². The first-order chi connectivity index (χ1) is 9.42. The zero-order valence-electron chi connectivity index (χ0n) is 11.0. The highest BCUT2D eigenvalue weighted by atomic mass is 32.2. The van der Waals surface area contributed by atoms with Gasteiger partial charge in [0.15, 0.2) is 0 Å². The van der Waals surface area contributed by atoms with Gasteiger partial charge in [-0.3, -0.25) is 0 Å². The summed E-state index contributed by atoms with van der Waals surface area (Å²) < 4.78 is 1.85. The largest absolute Gasteiger partial charge is 0.220 e. The molecule has 0 bridgehead atoms. The fourth-order valence-corrected chi connectivity index (χ4v) is 3.55. The van der Waals surface area contributed by atoms with Crippen LogP contribution in [-0.4, -0.2) is 20.5 Å². The van der Waals surface area contributed by atoms with Crippen LogP contribution in [0.1, 0.15) is 32.1 Å². The molecule has 1 fully saturated rings. The van der Waals surface area contributed by atoms with Gasteiger partial charge in [0, 0.05) is 5.75 Å². The van der Waals surface area contributed by atoms with Crippen molar-refractivity contribution < 1.29 is 0 Å². The molecule has 1 aromatic carbocycles. The molecular formula is C15H19N3S. The van der Waals surface area contributed by atoms with Gasteiger partial charge in [0.2, 0.25) is 5.16 Å². The minimum absolute atomic E-state index is 0.863. The number of thioether (sulfide) groups is 1. The molecule has 1 saturated carbocycles. The predicted molar refractivity (Wildman–Crippen MR) is 78.7 cm³/mol. The van der Waals surface area contributed by atoms with Gasteiger partial charge >= 0.3 is 0 Å². The van der Waals surface area contributed by atoms with Crippen molar-refractivity contribution in [3.8, 4) is 5.69 Å². The van der Waals surface area contributed by atoms with Gasteiger partial charge in [0.1, 0.15) is 6.33 Å². The summed E-state index contributed by atoms with van der Waals surface area (Å²) in [7, 11) is 0. The van der Waals surface area contributed by atoms with Crippen LogP contribution in [0.3, 0.4) is 0 Å². The van der Waals surface area contributed by atoms with Crippen molar-refractivity contribution in [3.05, 3.63) is 36.7 Å². The normalized spacial score (nSPS) is 16.6. The second-order valence-corrected chi connectivity index (χ2v) is 6.11. The van der Waals surface area contributed by atoms with Crippen LogP contribution in [-0.2, 0) is 0 Å². The van der Waals surface area contributed by atoms with E-state index in [2.05, 4.69) is 10.1 Å². The molecule has 0 atom stereocenters. The Kier molecular flexibility index (Phi) is 4.18. The quantitative estimate of drug-likeness (QED) is 0.791. The number of hydrogen-bond acceptors (Lipinski definition) is 3. The number of hydrogen-bond donors (Lipinski definition) is 0. The molecule has 100 valence electrons. The van der Waals surface area contributed by atoms with Gasteiger partial charge in [0.05, 0.1) is 5.69 Å². The third-order valence-corrected chi connectivity index (χ3v) is 4.75. The zero-order chi connectivity index (χ0) is 12.9. The third kappa shape index (κ3) is 3.38. The van der Waals surface area contributed by atoms with Crippen molar-refractivity contribution in [3.63, 3.8) is 0 Å². The van der Waals surface area contributed by atoms with Crippen LogP contribution in [0, 0.1) is 5.92 Å². The van der Waals surface area contributed by atoms with Crippen LogP contribution in [0.15, 0.2) is 41.8 Å². The lowest BCUT2D eigenvalue weighted by Gasteiger charge is -2.20. The zero-order valence-corrected chi connectivity index (χ0v) is 11.9. The lowest BCUT2D eigenvalue weighted by molar-refractivity contribution is 0.391. The van der Waals surface area contributed by atoms with E-state index in [1.807, 2.05) is 35.0 Å². The highest BCUT2D eigenvalue weighted by Gasteiger charge is 2.14. The fourth-order valence-electron chi connectivity index (χ4n) is 2.57. The first kappa shape index (κ1) is 12.7. The first-order valence-electron chi connectivity index (χ1n) is 7.02. The van der Waals surface area contributed by atoms with Gasteiger partial charge in [-0.25, -0.2) is 9.67 Å². The molecule has 1 heterocycles. The van der Waals surface area contributed by atoms with E-state index in [-0.39, 0.29) is 0 Å². The van der Waals surface area contributed by atoms with E-state index in [1.54, 1.807) is 18.1 Å². The Labute approximate surface area is 118 Å². The molecule has 19 heavy (non-hydrogen) atoms. The molecule has 0 saturated heterocycles. The monoisotopic (exact) mass is 273 g/mol. The van der Waals surface area contributed by atoms with Crippen molar-refractivity contribution in [2.24, 2.45) is 5.92 Å². The molecule has 0 unspecified atom stereocenters. The van der Waals surface area contributed by atoms with Crippen molar-refractivity contribution >= 4 is 11.8 Å². The molecule has 1 aliphatic carbocycles. The summed E-state index contributed by atoms with van der Waals surface area (Å²) in [6, 6.07) is 10.1. The molecular weight excluding hydrogens is 254 g/mol. The minimum Gasteiger partial charge on any atom is -0.220 e. The summed E-state index contributed by atoms with van der Waals surface area (Å²) in [6.45, 7) is 0. The van der Waals surface area contributed by atoms with Gasteiger partial charge in [-0.1, -0.05) is 49.2 Å². The van der Waals surface area contributed by atoms with Crippen LogP contribution < -0.4 is 0 Å². The van der Waals surface area contributed by atoms with Crippen LogP contribution in [0.2, 0.25) is 0 Å². The number of rotatable bonds is 4. The smallest absolute Gasteiger partial charge is 0.208 e. The number of para-hydroxylation sites is 1. The maximum absolute atomic E-state index is 4.53. The summed E-state index contributed by atoms with van der Waals surface area (Å²) in [4.78, 5) is 4.39.